The van der Waals surface area contributed by atoms with Crippen LogP contribution >= 0.6 is 0 Å². The molecule has 0 N–H and O–H groups in total. The first-order chi connectivity index (χ1) is 12.3. The Bertz CT molecular complexity index is 885. The van der Waals surface area contributed by atoms with E-state index in [4.69, 9.17) is 9.72 Å². The highest BCUT2D eigenvalue weighted by Gasteiger charge is 2.20. The fourth-order valence-electron chi connectivity index (χ4n) is 3.56. The number of anilines is 2. The van der Waals surface area contributed by atoms with Crippen LogP contribution in [0.15, 0.2) is 54.6 Å². The van der Waals surface area contributed by atoms with Crippen LogP contribution in [0, 0.1) is 6.92 Å². The Kier molecular flexibility index (Phi) is 4.18. The molecule has 25 heavy (non-hydrogen) atoms. The van der Waals surface area contributed by atoms with Gasteiger partial charge in [0.25, 0.3) is 0 Å². The highest BCUT2D eigenvalue weighted by Crippen LogP contribution is 2.29. The Morgan fingerprint density at radius 2 is 1.56 bits per heavy atom. The first-order valence-electron chi connectivity index (χ1n) is 8.75. The van der Waals surface area contributed by atoms with Gasteiger partial charge in [0.15, 0.2) is 0 Å². The number of benzene rings is 2. The maximum atomic E-state index is 5.51. The molecule has 0 radical (unpaired) electrons. The largest absolute Gasteiger partial charge is 0.495 e. The molecule has 0 atom stereocenters. The standard InChI is InChI=1S/C21H23N3O/c1-16-15-21(22-18-8-4-3-7-17(16)18)24-13-11-23(12-14-24)19-9-5-6-10-20(19)25-2/h3-10,15H,11-14H2,1-2H3. The quantitative estimate of drug-likeness (QED) is 0.727. The molecule has 0 spiro atoms. The summed E-state index contributed by atoms with van der Waals surface area (Å²) in [5.41, 5.74) is 3.53. The second-order valence-corrected chi connectivity index (χ2v) is 6.46. The Balaban J connectivity index is 1.54. The highest BCUT2D eigenvalue weighted by atomic mass is 16.5. The van der Waals surface area contributed by atoms with E-state index in [0.29, 0.717) is 0 Å². The lowest BCUT2D eigenvalue weighted by molar-refractivity contribution is 0.413. The van der Waals surface area contributed by atoms with E-state index >= 15 is 0 Å². The van der Waals surface area contributed by atoms with E-state index in [9.17, 15) is 0 Å². The number of aryl methyl sites for hydroxylation is 1. The molecule has 1 saturated heterocycles. The zero-order valence-corrected chi connectivity index (χ0v) is 14.8. The van der Waals surface area contributed by atoms with Crippen molar-refractivity contribution in [2.24, 2.45) is 0 Å². The lowest BCUT2D eigenvalue weighted by Gasteiger charge is -2.37. The van der Waals surface area contributed by atoms with E-state index in [1.54, 1.807) is 7.11 Å². The number of nitrogens with zero attached hydrogens (tertiary/aromatic N) is 3. The van der Waals surface area contributed by atoms with Crippen molar-refractivity contribution in [1.29, 1.82) is 0 Å². The van der Waals surface area contributed by atoms with Crippen molar-refractivity contribution in [3.8, 4) is 5.75 Å². The summed E-state index contributed by atoms with van der Waals surface area (Å²) < 4.78 is 5.51. The van der Waals surface area contributed by atoms with Crippen LogP contribution in [0.3, 0.4) is 0 Å². The van der Waals surface area contributed by atoms with Gasteiger partial charge in [0, 0.05) is 31.6 Å². The second kappa shape index (κ2) is 6.63. The summed E-state index contributed by atoms with van der Waals surface area (Å²) in [6, 6.07) is 18.8. The summed E-state index contributed by atoms with van der Waals surface area (Å²) in [4.78, 5) is 9.65. The van der Waals surface area contributed by atoms with Crippen LogP contribution in [0.4, 0.5) is 11.5 Å². The van der Waals surface area contributed by atoms with Crippen LogP contribution in [-0.4, -0.2) is 38.3 Å². The van der Waals surface area contributed by atoms with Crippen LogP contribution < -0.4 is 14.5 Å². The van der Waals surface area contributed by atoms with Crippen molar-refractivity contribution in [3.63, 3.8) is 0 Å². The molecule has 0 aliphatic carbocycles. The summed E-state index contributed by atoms with van der Waals surface area (Å²) in [5, 5.41) is 1.24. The van der Waals surface area contributed by atoms with Gasteiger partial charge in [0.2, 0.25) is 0 Å². The Hall–Kier alpha value is -2.75. The molecule has 4 nitrogen and oxygen atoms in total. The van der Waals surface area contributed by atoms with E-state index in [1.807, 2.05) is 12.1 Å². The van der Waals surface area contributed by atoms with Gasteiger partial charge in [-0.25, -0.2) is 4.98 Å². The summed E-state index contributed by atoms with van der Waals surface area (Å²) in [6.45, 7) is 6.02. The minimum atomic E-state index is 0.940. The summed E-state index contributed by atoms with van der Waals surface area (Å²) in [6.07, 6.45) is 0. The number of methoxy groups -OCH3 is 1. The van der Waals surface area contributed by atoms with Crippen LogP contribution in [0.5, 0.6) is 5.75 Å². The Labute approximate surface area is 148 Å². The molecule has 2 aromatic carbocycles. The number of aromatic nitrogens is 1. The van der Waals surface area contributed by atoms with Crippen molar-refractivity contribution < 1.29 is 4.74 Å². The van der Waals surface area contributed by atoms with Crippen LogP contribution in [0.1, 0.15) is 5.56 Å². The normalized spacial score (nSPS) is 14.8. The smallest absolute Gasteiger partial charge is 0.142 e. The number of rotatable bonds is 3. The zero-order chi connectivity index (χ0) is 17.2. The molecule has 0 bridgehead atoms. The van der Waals surface area contributed by atoms with Gasteiger partial charge in [-0.15, -0.1) is 0 Å². The summed E-state index contributed by atoms with van der Waals surface area (Å²) >= 11 is 0. The van der Waals surface area contributed by atoms with E-state index in [1.165, 1.54) is 16.6 Å². The van der Waals surface area contributed by atoms with E-state index in [-0.39, 0.29) is 0 Å². The van der Waals surface area contributed by atoms with Gasteiger partial charge in [-0.2, -0.15) is 0 Å². The second-order valence-electron chi connectivity index (χ2n) is 6.46. The van der Waals surface area contributed by atoms with Crippen LogP contribution in [0.2, 0.25) is 0 Å². The van der Waals surface area contributed by atoms with E-state index in [2.05, 4.69) is 59.2 Å². The van der Waals surface area contributed by atoms with Gasteiger partial charge in [0.05, 0.1) is 18.3 Å². The maximum absolute atomic E-state index is 5.51. The third-order valence-corrected chi connectivity index (χ3v) is 4.94. The molecule has 4 heteroatoms. The molecule has 1 fully saturated rings. The molecule has 128 valence electrons. The number of pyridine rings is 1. The van der Waals surface area contributed by atoms with Gasteiger partial charge < -0.3 is 14.5 Å². The molecule has 2 heterocycles. The number of hydrogen-bond acceptors (Lipinski definition) is 4. The molecule has 1 aliphatic heterocycles. The minimum Gasteiger partial charge on any atom is -0.495 e. The Morgan fingerprint density at radius 3 is 2.36 bits per heavy atom. The maximum Gasteiger partial charge on any atom is 0.142 e. The lowest BCUT2D eigenvalue weighted by atomic mass is 10.1. The minimum absolute atomic E-state index is 0.940. The zero-order valence-electron chi connectivity index (χ0n) is 14.8. The molecule has 3 aromatic rings. The third-order valence-electron chi connectivity index (χ3n) is 4.94. The topological polar surface area (TPSA) is 28.6 Å². The number of fused-ring (bicyclic) bond motifs is 1. The SMILES string of the molecule is COc1ccccc1N1CCN(c2cc(C)c3ccccc3n2)CC1. The Morgan fingerprint density at radius 1 is 0.880 bits per heavy atom. The molecule has 4 rings (SSSR count). The van der Waals surface area contributed by atoms with Crippen molar-refractivity contribution in [2.75, 3.05) is 43.1 Å². The van der Waals surface area contributed by atoms with Crippen LogP contribution in [-0.2, 0) is 0 Å². The predicted octanol–water partition coefficient (Wildman–Crippen LogP) is 3.88. The van der Waals surface area contributed by atoms with E-state index in [0.717, 1.165) is 43.3 Å². The first kappa shape index (κ1) is 15.8. The average Bonchev–Trinajstić information content (AvgIpc) is 2.68. The predicted molar refractivity (Wildman–Crippen MR) is 104 cm³/mol. The lowest BCUT2D eigenvalue weighted by Crippen LogP contribution is -2.47. The van der Waals surface area contributed by atoms with Gasteiger partial charge >= 0.3 is 0 Å². The fourth-order valence-corrected chi connectivity index (χ4v) is 3.56. The van der Waals surface area contributed by atoms with Gasteiger partial charge in [-0.3, -0.25) is 0 Å². The monoisotopic (exact) mass is 333 g/mol. The first-order valence-corrected chi connectivity index (χ1v) is 8.75. The molecule has 0 unspecified atom stereocenters. The third kappa shape index (κ3) is 3.00. The van der Waals surface area contributed by atoms with Crippen LogP contribution in [0.25, 0.3) is 10.9 Å². The molecule has 0 amide bonds. The number of ether oxygens (including phenoxy) is 1. The van der Waals surface area contributed by atoms with E-state index < -0.39 is 0 Å². The van der Waals surface area contributed by atoms with Crippen molar-refractivity contribution in [1.82, 2.24) is 4.98 Å². The van der Waals surface area contributed by atoms with Gasteiger partial charge in [-0.1, -0.05) is 30.3 Å². The number of piperazine rings is 1. The van der Waals surface area contributed by atoms with Crippen molar-refractivity contribution in [2.45, 2.75) is 6.92 Å². The van der Waals surface area contributed by atoms with Crippen molar-refractivity contribution >= 4 is 22.4 Å². The molecule has 1 aromatic heterocycles. The highest BCUT2D eigenvalue weighted by molar-refractivity contribution is 5.83. The average molecular weight is 333 g/mol. The number of hydrogen-bond donors (Lipinski definition) is 0. The fraction of sp³-hybridized carbons (Fsp3) is 0.286. The van der Waals surface area contributed by atoms with Gasteiger partial charge in [0.1, 0.15) is 11.6 Å². The van der Waals surface area contributed by atoms with Gasteiger partial charge in [-0.05, 0) is 36.8 Å². The summed E-state index contributed by atoms with van der Waals surface area (Å²) in [5.74, 6) is 2.02. The van der Waals surface area contributed by atoms with Crippen molar-refractivity contribution in [3.05, 3.63) is 60.2 Å². The molecular weight excluding hydrogens is 310 g/mol. The summed E-state index contributed by atoms with van der Waals surface area (Å²) in [7, 11) is 1.73. The number of para-hydroxylation sites is 3. The molecular formula is C21H23N3O. The molecule has 0 saturated carbocycles. The molecule has 1 aliphatic rings.